The molecule has 1 aromatic rings. The van der Waals surface area contributed by atoms with Crippen molar-refractivity contribution in [2.45, 2.75) is 20.0 Å². The van der Waals surface area contributed by atoms with Crippen molar-refractivity contribution in [2.75, 3.05) is 20.3 Å². The van der Waals surface area contributed by atoms with Crippen molar-refractivity contribution < 1.29 is 19.4 Å². The Hall–Kier alpha value is -1.75. The van der Waals surface area contributed by atoms with E-state index in [-0.39, 0.29) is 12.5 Å². The first-order valence-electron chi connectivity index (χ1n) is 5.85. The first-order valence-corrected chi connectivity index (χ1v) is 5.85. The fraction of sp³-hybridized carbons (Fsp3) is 0.462. The Morgan fingerprint density at radius 2 is 2.17 bits per heavy atom. The van der Waals surface area contributed by atoms with Crippen LogP contribution >= 0.6 is 0 Å². The van der Waals surface area contributed by atoms with E-state index >= 15 is 0 Å². The van der Waals surface area contributed by atoms with Gasteiger partial charge < -0.3 is 19.9 Å². The number of aliphatic hydroxyl groups is 1. The van der Waals surface area contributed by atoms with E-state index in [1.165, 1.54) is 7.11 Å². The average molecular weight is 253 g/mol. The maximum Gasteiger partial charge on any atom is 0.251 e. The fourth-order valence-electron chi connectivity index (χ4n) is 1.43. The molecule has 2 N–H and O–H groups in total. The minimum atomic E-state index is -0.571. The van der Waals surface area contributed by atoms with Crippen molar-refractivity contribution in [3.8, 4) is 11.5 Å². The molecule has 0 fully saturated rings. The van der Waals surface area contributed by atoms with Crippen LogP contribution in [-0.2, 0) is 0 Å². The summed E-state index contributed by atoms with van der Waals surface area (Å²) >= 11 is 0. The Bertz CT molecular complexity index is 404. The Balaban J connectivity index is 2.81. The van der Waals surface area contributed by atoms with Crippen molar-refractivity contribution in [3.63, 3.8) is 0 Å². The molecule has 1 rings (SSSR count). The topological polar surface area (TPSA) is 67.8 Å². The highest BCUT2D eigenvalue weighted by molar-refractivity contribution is 5.94. The van der Waals surface area contributed by atoms with Crippen LogP contribution in [0.15, 0.2) is 18.2 Å². The van der Waals surface area contributed by atoms with Crippen LogP contribution in [0.1, 0.15) is 24.2 Å². The molecule has 0 unspecified atom stereocenters. The maximum absolute atomic E-state index is 11.8. The number of methoxy groups -OCH3 is 1. The number of benzene rings is 1. The van der Waals surface area contributed by atoms with Crippen LogP contribution in [0.2, 0.25) is 0 Å². The zero-order valence-electron chi connectivity index (χ0n) is 10.9. The molecule has 0 aliphatic carbocycles. The molecular formula is C13H19NO4. The summed E-state index contributed by atoms with van der Waals surface area (Å²) in [6.45, 7) is 4.24. The van der Waals surface area contributed by atoms with Crippen molar-refractivity contribution in [2.24, 2.45) is 0 Å². The largest absolute Gasteiger partial charge is 0.493 e. The smallest absolute Gasteiger partial charge is 0.251 e. The van der Waals surface area contributed by atoms with Crippen molar-refractivity contribution in [3.05, 3.63) is 23.8 Å². The molecule has 0 spiro atoms. The van der Waals surface area contributed by atoms with Gasteiger partial charge >= 0.3 is 0 Å². The summed E-state index contributed by atoms with van der Waals surface area (Å²) in [4.78, 5) is 11.8. The molecule has 100 valence electrons. The normalized spacial score (nSPS) is 11.8. The van der Waals surface area contributed by atoms with Crippen LogP contribution in [0.25, 0.3) is 0 Å². The molecule has 0 bridgehead atoms. The molecular weight excluding hydrogens is 234 g/mol. The Morgan fingerprint density at radius 1 is 1.44 bits per heavy atom. The molecule has 0 heterocycles. The van der Waals surface area contributed by atoms with Gasteiger partial charge in [-0.15, -0.1) is 0 Å². The number of hydrogen-bond acceptors (Lipinski definition) is 4. The van der Waals surface area contributed by atoms with E-state index in [1.807, 2.05) is 6.92 Å². The summed E-state index contributed by atoms with van der Waals surface area (Å²) in [5, 5.41) is 11.7. The quantitative estimate of drug-likeness (QED) is 0.799. The minimum absolute atomic E-state index is 0.217. The molecule has 5 nitrogen and oxygen atoms in total. The van der Waals surface area contributed by atoms with Gasteiger partial charge in [0.1, 0.15) is 0 Å². The molecule has 0 radical (unpaired) electrons. The predicted octanol–water partition coefficient (Wildman–Crippen LogP) is 1.20. The fourth-order valence-corrected chi connectivity index (χ4v) is 1.43. The van der Waals surface area contributed by atoms with E-state index in [1.54, 1.807) is 25.1 Å². The number of amides is 1. The molecule has 1 aromatic carbocycles. The van der Waals surface area contributed by atoms with E-state index in [9.17, 15) is 4.79 Å². The summed E-state index contributed by atoms with van der Waals surface area (Å²) in [5.41, 5.74) is 0.468. The monoisotopic (exact) mass is 253 g/mol. The van der Waals surface area contributed by atoms with Gasteiger partial charge in [0, 0.05) is 12.1 Å². The zero-order chi connectivity index (χ0) is 13.5. The van der Waals surface area contributed by atoms with E-state index in [0.717, 1.165) is 0 Å². The summed E-state index contributed by atoms with van der Waals surface area (Å²) in [5.74, 6) is 0.867. The number of rotatable bonds is 6. The van der Waals surface area contributed by atoms with Crippen LogP contribution in [0, 0.1) is 0 Å². The minimum Gasteiger partial charge on any atom is -0.493 e. The lowest BCUT2D eigenvalue weighted by Gasteiger charge is -2.11. The van der Waals surface area contributed by atoms with Crippen molar-refractivity contribution in [1.82, 2.24) is 5.32 Å². The summed E-state index contributed by atoms with van der Waals surface area (Å²) in [6, 6.07) is 4.97. The van der Waals surface area contributed by atoms with Crippen LogP contribution in [0.5, 0.6) is 11.5 Å². The highest BCUT2D eigenvalue weighted by Gasteiger charge is 2.11. The molecule has 1 atom stereocenters. The van der Waals surface area contributed by atoms with Gasteiger partial charge in [-0.25, -0.2) is 0 Å². The van der Waals surface area contributed by atoms with E-state index in [2.05, 4.69) is 5.32 Å². The van der Waals surface area contributed by atoms with Gasteiger partial charge in [0.05, 0.1) is 19.8 Å². The predicted molar refractivity (Wildman–Crippen MR) is 68.2 cm³/mol. The Kier molecular flexibility index (Phi) is 5.45. The number of ether oxygens (including phenoxy) is 2. The van der Waals surface area contributed by atoms with Gasteiger partial charge in [0.25, 0.3) is 5.91 Å². The van der Waals surface area contributed by atoms with E-state index < -0.39 is 6.10 Å². The van der Waals surface area contributed by atoms with Gasteiger partial charge in [-0.05, 0) is 32.0 Å². The lowest BCUT2D eigenvalue weighted by molar-refractivity contribution is 0.0923. The maximum atomic E-state index is 11.8. The lowest BCUT2D eigenvalue weighted by Crippen LogP contribution is -2.30. The molecule has 5 heteroatoms. The third kappa shape index (κ3) is 3.92. The molecule has 0 aliphatic heterocycles. The van der Waals surface area contributed by atoms with Crippen molar-refractivity contribution in [1.29, 1.82) is 0 Å². The second-order valence-electron chi connectivity index (χ2n) is 3.86. The first-order chi connectivity index (χ1) is 8.58. The Labute approximate surface area is 107 Å². The SMILES string of the molecule is CCOc1ccc(C(=O)NC[C@@H](C)O)cc1OC. The Morgan fingerprint density at radius 3 is 2.72 bits per heavy atom. The number of carbonyl (C=O) groups excluding carboxylic acids is 1. The summed E-state index contributed by atoms with van der Waals surface area (Å²) in [7, 11) is 1.52. The summed E-state index contributed by atoms with van der Waals surface area (Å²) in [6.07, 6.45) is -0.571. The second-order valence-corrected chi connectivity index (χ2v) is 3.86. The van der Waals surface area contributed by atoms with Crippen LogP contribution in [-0.4, -0.2) is 37.4 Å². The molecule has 1 amide bonds. The third-order valence-corrected chi connectivity index (χ3v) is 2.28. The highest BCUT2D eigenvalue weighted by Crippen LogP contribution is 2.27. The molecule has 18 heavy (non-hydrogen) atoms. The average Bonchev–Trinajstić information content (AvgIpc) is 2.36. The number of carbonyl (C=O) groups is 1. The van der Waals surface area contributed by atoms with Crippen LogP contribution in [0.4, 0.5) is 0 Å². The van der Waals surface area contributed by atoms with E-state index in [4.69, 9.17) is 14.6 Å². The molecule has 0 aromatic heterocycles. The standard InChI is InChI=1S/C13H19NO4/c1-4-18-11-6-5-10(7-12(11)17-3)13(16)14-8-9(2)15/h5-7,9,15H,4,8H2,1-3H3,(H,14,16)/t9-/m1/s1. The van der Waals surface area contributed by atoms with E-state index in [0.29, 0.717) is 23.7 Å². The highest BCUT2D eigenvalue weighted by atomic mass is 16.5. The van der Waals surface area contributed by atoms with Crippen LogP contribution < -0.4 is 14.8 Å². The number of nitrogens with one attached hydrogen (secondary N) is 1. The molecule has 0 aliphatic rings. The zero-order valence-corrected chi connectivity index (χ0v) is 10.9. The molecule has 0 saturated carbocycles. The van der Waals surface area contributed by atoms with Gasteiger partial charge in [0.15, 0.2) is 11.5 Å². The number of aliphatic hydroxyl groups excluding tert-OH is 1. The van der Waals surface area contributed by atoms with Crippen molar-refractivity contribution >= 4 is 5.91 Å². The second kappa shape index (κ2) is 6.86. The van der Waals surface area contributed by atoms with Gasteiger partial charge in [0.2, 0.25) is 0 Å². The molecule has 0 saturated heterocycles. The van der Waals surface area contributed by atoms with Crippen LogP contribution in [0.3, 0.4) is 0 Å². The van der Waals surface area contributed by atoms with Gasteiger partial charge in [-0.2, -0.15) is 0 Å². The van der Waals surface area contributed by atoms with Gasteiger partial charge in [-0.3, -0.25) is 4.79 Å². The lowest BCUT2D eigenvalue weighted by atomic mass is 10.2. The third-order valence-electron chi connectivity index (χ3n) is 2.28. The first kappa shape index (κ1) is 14.3. The van der Waals surface area contributed by atoms with Gasteiger partial charge in [-0.1, -0.05) is 0 Å². The summed E-state index contributed by atoms with van der Waals surface area (Å²) < 4.78 is 10.5. The number of hydrogen-bond donors (Lipinski definition) is 2.